The van der Waals surface area contributed by atoms with Crippen molar-refractivity contribution in [1.29, 1.82) is 0 Å². The predicted molar refractivity (Wildman–Crippen MR) is 70.4 cm³/mol. The van der Waals surface area contributed by atoms with E-state index in [0.717, 1.165) is 30.0 Å². The maximum absolute atomic E-state index is 4.18. The Morgan fingerprint density at radius 2 is 2.11 bits per heavy atom. The lowest BCUT2D eigenvalue weighted by atomic mass is 10.2. The molecule has 0 radical (unpaired) electrons. The maximum Gasteiger partial charge on any atom is 0.0853 e. The van der Waals surface area contributed by atoms with Gasteiger partial charge in [0.05, 0.1) is 23.8 Å². The van der Waals surface area contributed by atoms with Gasteiger partial charge in [-0.05, 0) is 31.0 Å². The third kappa shape index (κ3) is 3.13. The molecule has 0 atom stereocenters. The molecule has 0 unspecified atom stereocenters. The van der Waals surface area contributed by atoms with E-state index in [1.54, 1.807) is 12.4 Å². The minimum atomic E-state index is 0.634. The second kappa shape index (κ2) is 5.73. The Balaban J connectivity index is 2.12. The highest BCUT2D eigenvalue weighted by molar-refractivity contribution is 5.31. The zero-order valence-electron chi connectivity index (χ0n) is 11.1. The summed E-state index contributed by atoms with van der Waals surface area (Å²) in [6.07, 6.45) is 5.42. The molecule has 2 aromatic heterocycles. The highest BCUT2D eigenvalue weighted by Gasteiger charge is 2.06. The van der Waals surface area contributed by atoms with Crippen molar-refractivity contribution in [3.05, 3.63) is 35.9 Å². The van der Waals surface area contributed by atoms with E-state index in [9.17, 15) is 0 Å². The third-order valence-corrected chi connectivity index (χ3v) is 2.58. The molecule has 0 saturated heterocycles. The van der Waals surface area contributed by atoms with E-state index in [2.05, 4.69) is 34.5 Å². The molecule has 2 rings (SSSR count). The Labute approximate surface area is 107 Å². The van der Waals surface area contributed by atoms with Gasteiger partial charge in [-0.3, -0.25) is 4.98 Å². The highest BCUT2D eigenvalue weighted by atomic mass is 15.4. The van der Waals surface area contributed by atoms with Crippen LogP contribution in [0.1, 0.15) is 25.1 Å². The van der Waals surface area contributed by atoms with E-state index in [-0.39, 0.29) is 0 Å². The Bertz CT molecular complexity index is 504. The first kappa shape index (κ1) is 12.7. The largest absolute Gasteiger partial charge is 0.311 e. The Hall–Kier alpha value is -1.75. The van der Waals surface area contributed by atoms with E-state index < -0.39 is 0 Å². The van der Waals surface area contributed by atoms with Gasteiger partial charge in [0, 0.05) is 12.7 Å². The fraction of sp³-hybridized carbons (Fsp3) is 0.462. The van der Waals surface area contributed by atoms with Gasteiger partial charge >= 0.3 is 0 Å². The van der Waals surface area contributed by atoms with Crippen LogP contribution in [0.5, 0.6) is 0 Å². The summed E-state index contributed by atoms with van der Waals surface area (Å²) < 4.78 is 1.83. The summed E-state index contributed by atoms with van der Waals surface area (Å²) in [5.74, 6) is 0.634. The topological polar surface area (TPSA) is 55.6 Å². The Morgan fingerprint density at radius 1 is 1.28 bits per heavy atom. The molecule has 18 heavy (non-hydrogen) atoms. The molecule has 5 nitrogen and oxygen atoms in total. The second-order valence-corrected chi connectivity index (χ2v) is 4.88. The van der Waals surface area contributed by atoms with Crippen LogP contribution in [0.2, 0.25) is 0 Å². The summed E-state index contributed by atoms with van der Waals surface area (Å²) in [4.78, 5) is 4.18. The van der Waals surface area contributed by atoms with Crippen molar-refractivity contribution < 1.29 is 0 Å². The van der Waals surface area contributed by atoms with Crippen molar-refractivity contribution in [1.82, 2.24) is 25.3 Å². The van der Waals surface area contributed by atoms with Crippen LogP contribution < -0.4 is 5.32 Å². The van der Waals surface area contributed by atoms with Crippen molar-refractivity contribution >= 4 is 0 Å². The van der Waals surface area contributed by atoms with Gasteiger partial charge in [0.2, 0.25) is 0 Å². The summed E-state index contributed by atoms with van der Waals surface area (Å²) >= 11 is 0. The molecule has 0 bridgehead atoms. The minimum Gasteiger partial charge on any atom is -0.311 e. The molecule has 2 heterocycles. The predicted octanol–water partition coefficient (Wildman–Crippen LogP) is 1.72. The van der Waals surface area contributed by atoms with Crippen molar-refractivity contribution in [3.63, 3.8) is 0 Å². The molecule has 1 N–H and O–H groups in total. The van der Waals surface area contributed by atoms with Gasteiger partial charge in [-0.25, -0.2) is 4.68 Å². The lowest BCUT2D eigenvalue weighted by Gasteiger charge is -2.09. The van der Waals surface area contributed by atoms with Crippen LogP contribution in [0.3, 0.4) is 0 Å². The average Bonchev–Trinajstić information content (AvgIpc) is 2.77. The lowest BCUT2D eigenvalue weighted by molar-refractivity contribution is 0.542. The zero-order valence-corrected chi connectivity index (χ0v) is 11.1. The quantitative estimate of drug-likeness (QED) is 0.871. The number of aromatic nitrogens is 4. The van der Waals surface area contributed by atoms with Crippen LogP contribution in [0, 0.1) is 12.8 Å². The molecule has 0 aromatic carbocycles. The lowest BCUT2D eigenvalue weighted by Crippen LogP contribution is -2.20. The van der Waals surface area contributed by atoms with Crippen molar-refractivity contribution in [2.45, 2.75) is 27.3 Å². The first-order valence-corrected chi connectivity index (χ1v) is 6.19. The van der Waals surface area contributed by atoms with E-state index in [1.807, 2.05) is 23.9 Å². The van der Waals surface area contributed by atoms with E-state index >= 15 is 0 Å². The molecule has 0 saturated carbocycles. The van der Waals surface area contributed by atoms with Gasteiger partial charge in [-0.15, -0.1) is 5.10 Å². The van der Waals surface area contributed by atoms with E-state index in [4.69, 9.17) is 0 Å². The highest BCUT2D eigenvalue weighted by Crippen LogP contribution is 2.09. The molecule has 0 spiro atoms. The maximum atomic E-state index is 4.18. The van der Waals surface area contributed by atoms with Crippen molar-refractivity contribution in [2.24, 2.45) is 5.92 Å². The first-order chi connectivity index (χ1) is 8.66. The van der Waals surface area contributed by atoms with Gasteiger partial charge in [0.1, 0.15) is 0 Å². The molecular weight excluding hydrogens is 226 g/mol. The van der Waals surface area contributed by atoms with Crippen LogP contribution in [0.15, 0.2) is 24.7 Å². The van der Waals surface area contributed by atoms with Gasteiger partial charge in [0.25, 0.3) is 0 Å². The summed E-state index contributed by atoms with van der Waals surface area (Å²) in [5, 5.41) is 11.5. The minimum absolute atomic E-state index is 0.634. The average molecular weight is 245 g/mol. The standard InChI is InChI=1S/C13H19N5/c1-10(2)5-14-8-13-9-16-17-18(13)12-4-11(3)6-15-7-12/h4,6-7,9-10,14H,5,8H2,1-3H3. The summed E-state index contributed by atoms with van der Waals surface area (Å²) in [6, 6.07) is 2.05. The molecule has 0 aliphatic rings. The van der Waals surface area contributed by atoms with Crippen LogP contribution in [0.4, 0.5) is 0 Å². The van der Waals surface area contributed by atoms with Gasteiger partial charge in [0.15, 0.2) is 0 Å². The monoisotopic (exact) mass is 245 g/mol. The molecule has 0 amide bonds. The van der Waals surface area contributed by atoms with Gasteiger partial charge in [-0.2, -0.15) is 0 Å². The second-order valence-electron chi connectivity index (χ2n) is 4.88. The smallest absolute Gasteiger partial charge is 0.0853 e. The Morgan fingerprint density at radius 3 is 2.83 bits per heavy atom. The SMILES string of the molecule is Cc1cncc(-n2nncc2CNCC(C)C)c1. The number of aryl methyl sites for hydroxylation is 1. The molecule has 0 aliphatic carbocycles. The van der Waals surface area contributed by atoms with Crippen LogP contribution in [-0.2, 0) is 6.54 Å². The number of rotatable bonds is 5. The van der Waals surface area contributed by atoms with Crippen molar-refractivity contribution in [2.75, 3.05) is 6.54 Å². The summed E-state index contributed by atoms with van der Waals surface area (Å²) in [6.45, 7) is 8.14. The number of pyridine rings is 1. The van der Waals surface area contributed by atoms with Gasteiger partial charge in [-0.1, -0.05) is 19.1 Å². The Kier molecular flexibility index (Phi) is 4.04. The van der Waals surface area contributed by atoms with E-state index in [1.165, 1.54) is 0 Å². The van der Waals surface area contributed by atoms with Crippen LogP contribution in [-0.4, -0.2) is 26.5 Å². The number of hydrogen-bond donors (Lipinski definition) is 1. The van der Waals surface area contributed by atoms with Crippen LogP contribution in [0.25, 0.3) is 5.69 Å². The van der Waals surface area contributed by atoms with Crippen molar-refractivity contribution in [3.8, 4) is 5.69 Å². The molecular formula is C13H19N5. The van der Waals surface area contributed by atoms with E-state index in [0.29, 0.717) is 5.92 Å². The fourth-order valence-corrected chi connectivity index (χ4v) is 1.74. The molecule has 96 valence electrons. The normalized spacial score (nSPS) is 11.1. The molecule has 2 aromatic rings. The molecule has 5 heteroatoms. The van der Waals surface area contributed by atoms with Crippen LogP contribution >= 0.6 is 0 Å². The number of hydrogen-bond acceptors (Lipinski definition) is 4. The summed E-state index contributed by atoms with van der Waals surface area (Å²) in [5.41, 5.74) is 3.11. The third-order valence-electron chi connectivity index (χ3n) is 2.58. The van der Waals surface area contributed by atoms with Gasteiger partial charge < -0.3 is 5.32 Å². The molecule has 0 aliphatic heterocycles. The molecule has 0 fully saturated rings. The number of nitrogens with zero attached hydrogens (tertiary/aromatic N) is 4. The number of nitrogens with one attached hydrogen (secondary N) is 1. The zero-order chi connectivity index (χ0) is 13.0. The fourth-order valence-electron chi connectivity index (χ4n) is 1.74. The summed E-state index contributed by atoms with van der Waals surface area (Å²) in [7, 11) is 0. The first-order valence-electron chi connectivity index (χ1n) is 6.19.